The molecule has 5 nitrogen and oxygen atoms in total. The lowest BCUT2D eigenvalue weighted by atomic mass is 10.2. The largest absolute Gasteiger partial charge is 0.454 e. The maximum atomic E-state index is 5.78. The minimum Gasteiger partial charge on any atom is -0.454 e. The lowest BCUT2D eigenvalue weighted by Crippen LogP contribution is -2.01. The summed E-state index contributed by atoms with van der Waals surface area (Å²) in [6.07, 6.45) is 1.42. The van der Waals surface area contributed by atoms with Crippen LogP contribution < -0.4 is 14.8 Å². The fourth-order valence-corrected chi connectivity index (χ4v) is 1.82. The van der Waals surface area contributed by atoms with Crippen LogP contribution in [0.3, 0.4) is 0 Å². The molecule has 0 unspecified atom stereocenters. The molecule has 0 radical (unpaired) electrons. The van der Waals surface area contributed by atoms with Crippen molar-refractivity contribution in [2.75, 3.05) is 12.1 Å². The van der Waals surface area contributed by atoms with E-state index >= 15 is 0 Å². The van der Waals surface area contributed by atoms with Gasteiger partial charge in [0, 0.05) is 12.6 Å². The summed E-state index contributed by atoms with van der Waals surface area (Å²) in [5, 5.41) is 3.58. The maximum Gasteiger partial charge on any atom is 0.231 e. The lowest BCUT2D eigenvalue weighted by Gasteiger charge is -2.06. The molecule has 0 saturated carbocycles. The molecule has 18 heavy (non-hydrogen) atoms. The molecule has 2 heterocycles. The number of hydrogen-bond acceptors (Lipinski definition) is 5. The third-order valence-electron chi connectivity index (χ3n) is 2.54. The average Bonchev–Trinajstić information content (AvgIpc) is 2.84. The van der Waals surface area contributed by atoms with Crippen molar-refractivity contribution in [2.24, 2.45) is 0 Å². The van der Waals surface area contributed by atoms with Crippen molar-refractivity contribution in [3.63, 3.8) is 0 Å². The van der Waals surface area contributed by atoms with Gasteiger partial charge in [-0.1, -0.05) is 17.7 Å². The van der Waals surface area contributed by atoms with Crippen molar-refractivity contribution in [1.82, 2.24) is 9.97 Å². The van der Waals surface area contributed by atoms with Gasteiger partial charge in [0.05, 0.1) is 0 Å². The van der Waals surface area contributed by atoms with E-state index in [1.165, 1.54) is 6.33 Å². The van der Waals surface area contributed by atoms with Gasteiger partial charge in [0.15, 0.2) is 11.5 Å². The molecule has 0 atom stereocenters. The van der Waals surface area contributed by atoms with Crippen LogP contribution in [0.15, 0.2) is 30.6 Å². The van der Waals surface area contributed by atoms with Gasteiger partial charge in [-0.3, -0.25) is 0 Å². The summed E-state index contributed by atoms with van der Waals surface area (Å²) in [6.45, 7) is 0.914. The van der Waals surface area contributed by atoms with E-state index in [-0.39, 0.29) is 6.79 Å². The zero-order chi connectivity index (χ0) is 12.4. The van der Waals surface area contributed by atoms with Crippen molar-refractivity contribution in [3.05, 3.63) is 41.3 Å². The standard InChI is InChI=1S/C12H10ClN3O2/c13-11-4-12(16-6-15-11)14-5-8-1-2-9-10(3-8)18-7-17-9/h1-4,6H,5,7H2,(H,14,15,16). The SMILES string of the molecule is Clc1cc(NCc2ccc3c(c2)OCO3)ncn1. The molecular formula is C12H10ClN3O2. The first kappa shape index (κ1) is 11.1. The van der Waals surface area contributed by atoms with Gasteiger partial charge in [0.25, 0.3) is 0 Å². The van der Waals surface area contributed by atoms with Crippen molar-refractivity contribution in [1.29, 1.82) is 0 Å². The second-order valence-electron chi connectivity index (χ2n) is 3.77. The number of fused-ring (bicyclic) bond motifs is 1. The Balaban J connectivity index is 1.70. The summed E-state index contributed by atoms with van der Waals surface area (Å²) < 4.78 is 10.6. The molecule has 6 heteroatoms. The van der Waals surface area contributed by atoms with E-state index in [1.807, 2.05) is 18.2 Å². The second-order valence-corrected chi connectivity index (χ2v) is 4.15. The molecule has 0 fully saturated rings. The Morgan fingerprint density at radius 1 is 1.17 bits per heavy atom. The highest BCUT2D eigenvalue weighted by Gasteiger charge is 2.12. The predicted molar refractivity (Wildman–Crippen MR) is 66.9 cm³/mol. The molecule has 0 saturated heterocycles. The Morgan fingerprint density at radius 3 is 2.94 bits per heavy atom. The first-order valence-corrected chi connectivity index (χ1v) is 5.79. The number of ether oxygens (including phenoxy) is 2. The Kier molecular flexibility index (Phi) is 2.90. The van der Waals surface area contributed by atoms with Gasteiger partial charge in [-0.2, -0.15) is 0 Å². The van der Waals surface area contributed by atoms with Gasteiger partial charge < -0.3 is 14.8 Å². The number of halogens is 1. The molecule has 2 aromatic rings. The van der Waals surface area contributed by atoms with E-state index in [0.29, 0.717) is 17.5 Å². The first-order chi connectivity index (χ1) is 8.81. The number of hydrogen-bond donors (Lipinski definition) is 1. The zero-order valence-electron chi connectivity index (χ0n) is 9.39. The minimum atomic E-state index is 0.285. The summed E-state index contributed by atoms with van der Waals surface area (Å²) >= 11 is 5.78. The fourth-order valence-electron chi connectivity index (χ4n) is 1.67. The highest BCUT2D eigenvalue weighted by atomic mass is 35.5. The van der Waals surface area contributed by atoms with Gasteiger partial charge in [0.1, 0.15) is 17.3 Å². The molecular weight excluding hydrogens is 254 g/mol. The molecule has 1 aromatic carbocycles. The third kappa shape index (κ3) is 2.31. The normalized spacial score (nSPS) is 12.5. The predicted octanol–water partition coefficient (Wildman–Crippen LogP) is 2.47. The van der Waals surface area contributed by atoms with E-state index < -0.39 is 0 Å². The summed E-state index contributed by atoms with van der Waals surface area (Å²) in [6, 6.07) is 7.49. The van der Waals surface area contributed by atoms with Crippen LogP contribution >= 0.6 is 11.6 Å². The van der Waals surface area contributed by atoms with Gasteiger partial charge >= 0.3 is 0 Å². The molecule has 0 spiro atoms. The number of nitrogens with zero attached hydrogens (tertiary/aromatic N) is 2. The van der Waals surface area contributed by atoms with Crippen molar-refractivity contribution in [2.45, 2.75) is 6.54 Å². The van der Waals surface area contributed by atoms with Crippen LogP contribution in [-0.2, 0) is 6.54 Å². The van der Waals surface area contributed by atoms with Crippen LogP contribution in [0, 0.1) is 0 Å². The Hall–Kier alpha value is -2.01. The molecule has 1 aromatic heterocycles. The highest BCUT2D eigenvalue weighted by Crippen LogP contribution is 2.32. The molecule has 1 N–H and O–H groups in total. The van der Waals surface area contributed by atoms with Crippen LogP contribution in [0.2, 0.25) is 5.15 Å². The number of anilines is 1. The number of nitrogens with one attached hydrogen (secondary N) is 1. The van der Waals surface area contributed by atoms with Crippen molar-refractivity contribution in [3.8, 4) is 11.5 Å². The smallest absolute Gasteiger partial charge is 0.231 e. The summed E-state index contributed by atoms with van der Waals surface area (Å²) in [7, 11) is 0. The van der Waals surface area contributed by atoms with Gasteiger partial charge in [-0.05, 0) is 17.7 Å². The first-order valence-electron chi connectivity index (χ1n) is 5.41. The lowest BCUT2D eigenvalue weighted by molar-refractivity contribution is 0.174. The van der Waals surface area contributed by atoms with Crippen LogP contribution in [0.5, 0.6) is 11.5 Å². The van der Waals surface area contributed by atoms with E-state index in [1.54, 1.807) is 6.07 Å². The maximum absolute atomic E-state index is 5.78. The number of rotatable bonds is 3. The molecule has 92 valence electrons. The van der Waals surface area contributed by atoms with Gasteiger partial charge in [0.2, 0.25) is 6.79 Å². The van der Waals surface area contributed by atoms with Gasteiger partial charge in [-0.15, -0.1) is 0 Å². The van der Waals surface area contributed by atoms with Crippen LogP contribution in [0.1, 0.15) is 5.56 Å². The van der Waals surface area contributed by atoms with Crippen molar-refractivity contribution < 1.29 is 9.47 Å². The summed E-state index contributed by atoms with van der Waals surface area (Å²) in [5.74, 6) is 2.24. The topological polar surface area (TPSA) is 56.3 Å². The Morgan fingerprint density at radius 2 is 2.06 bits per heavy atom. The van der Waals surface area contributed by atoms with Crippen LogP contribution in [-0.4, -0.2) is 16.8 Å². The third-order valence-corrected chi connectivity index (χ3v) is 2.75. The monoisotopic (exact) mass is 263 g/mol. The van der Waals surface area contributed by atoms with E-state index in [2.05, 4.69) is 15.3 Å². The number of aromatic nitrogens is 2. The van der Waals surface area contributed by atoms with Crippen LogP contribution in [0.4, 0.5) is 5.82 Å². The highest BCUT2D eigenvalue weighted by molar-refractivity contribution is 6.29. The molecule has 0 amide bonds. The summed E-state index contributed by atoms with van der Waals surface area (Å²) in [4.78, 5) is 7.88. The van der Waals surface area contributed by atoms with Crippen LogP contribution in [0.25, 0.3) is 0 Å². The second kappa shape index (κ2) is 4.70. The van der Waals surface area contributed by atoms with E-state index in [4.69, 9.17) is 21.1 Å². The minimum absolute atomic E-state index is 0.285. The molecule has 1 aliphatic heterocycles. The van der Waals surface area contributed by atoms with Gasteiger partial charge in [-0.25, -0.2) is 9.97 Å². The summed E-state index contributed by atoms with van der Waals surface area (Å²) in [5.41, 5.74) is 1.08. The number of benzene rings is 1. The molecule has 3 rings (SSSR count). The zero-order valence-corrected chi connectivity index (χ0v) is 10.1. The van der Waals surface area contributed by atoms with E-state index in [9.17, 15) is 0 Å². The van der Waals surface area contributed by atoms with Crippen molar-refractivity contribution >= 4 is 17.4 Å². The average molecular weight is 264 g/mol. The molecule has 0 aliphatic carbocycles. The quantitative estimate of drug-likeness (QED) is 0.862. The Bertz CT molecular complexity index is 577. The Labute approximate surface area is 109 Å². The fraction of sp³-hybridized carbons (Fsp3) is 0.167. The van der Waals surface area contributed by atoms with E-state index in [0.717, 1.165) is 17.1 Å². The molecule has 1 aliphatic rings. The molecule has 0 bridgehead atoms.